The lowest BCUT2D eigenvalue weighted by Gasteiger charge is -2.34. The molecule has 106 valence electrons. The molecule has 2 unspecified atom stereocenters. The highest BCUT2D eigenvalue weighted by molar-refractivity contribution is 7.20. The number of nitrogens with zero attached hydrogens (tertiary/aromatic N) is 1. The predicted molar refractivity (Wildman–Crippen MR) is 77.5 cm³/mol. The second kappa shape index (κ2) is 5.14. The van der Waals surface area contributed by atoms with Gasteiger partial charge in [0, 0.05) is 17.8 Å². The van der Waals surface area contributed by atoms with E-state index in [9.17, 15) is 14.3 Å². The molecule has 1 aliphatic rings. The highest BCUT2D eigenvalue weighted by Crippen LogP contribution is 2.28. The third-order valence-electron chi connectivity index (χ3n) is 3.84. The van der Waals surface area contributed by atoms with Crippen molar-refractivity contribution < 1.29 is 14.3 Å². The molecule has 0 bridgehead atoms. The van der Waals surface area contributed by atoms with E-state index in [0.29, 0.717) is 24.4 Å². The van der Waals surface area contributed by atoms with Crippen molar-refractivity contribution in [3.8, 4) is 0 Å². The number of thiophene rings is 1. The van der Waals surface area contributed by atoms with E-state index >= 15 is 0 Å². The third kappa shape index (κ3) is 2.43. The lowest BCUT2D eigenvalue weighted by molar-refractivity contribution is 0.0300. The maximum absolute atomic E-state index is 13.2. The molecule has 2 heterocycles. The molecule has 3 nitrogen and oxygen atoms in total. The molecule has 5 heteroatoms. The van der Waals surface area contributed by atoms with Crippen molar-refractivity contribution in [1.82, 2.24) is 4.90 Å². The Balaban J connectivity index is 1.85. The second-order valence-corrected chi connectivity index (χ2v) is 6.46. The Labute approximate surface area is 120 Å². The normalized spacial score (nSPS) is 23.2. The first-order valence-corrected chi connectivity index (χ1v) is 7.52. The Morgan fingerprint density at radius 2 is 2.25 bits per heavy atom. The number of carbonyl (C=O) groups is 1. The summed E-state index contributed by atoms with van der Waals surface area (Å²) >= 11 is 1.32. The maximum atomic E-state index is 13.2. The molecule has 1 N–H and O–H groups in total. The van der Waals surface area contributed by atoms with E-state index < -0.39 is 0 Å². The molecular formula is C15H16FNO2S. The zero-order valence-corrected chi connectivity index (χ0v) is 12.0. The molecule has 2 atom stereocenters. The van der Waals surface area contributed by atoms with Crippen LogP contribution in [0.25, 0.3) is 10.1 Å². The molecule has 1 fully saturated rings. The summed E-state index contributed by atoms with van der Waals surface area (Å²) in [7, 11) is 0. The van der Waals surface area contributed by atoms with Crippen molar-refractivity contribution in [1.29, 1.82) is 0 Å². The fourth-order valence-corrected chi connectivity index (χ4v) is 3.64. The summed E-state index contributed by atoms with van der Waals surface area (Å²) in [6.45, 7) is 3.10. The van der Waals surface area contributed by atoms with Crippen LogP contribution in [0, 0.1) is 11.7 Å². The number of piperidine rings is 1. The maximum Gasteiger partial charge on any atom is 0.263 e. The van der Waals surface area contributed by atoms with Crippen LogP contribution < -0.4 is 0 Å². The van der Waals surface area contributed by atoms with E-state index in [0.717, 1.165) is 10.1 Å². The van der Waals surface area contributed by atoms with Crippen molar-refractivity contribution in [2.45, 2.75) is 19.4 Å². The lowest BCUT2D eigenvalue weighted by atomic mass is 9.97. The van der Waals surface area contributed by atoms with Crippen LogP contribution >= 0.6 is 11.3 Å². The van der Waals surface area contributed by atoms with Gasteiger partial charge in [0.05, 0.1) is 11.0 Å². The van der Waals surface area contributed by atoms with E-state index in [1.54, 1.807) is 11.0 Å². The minimum Gasteiger partial charge on any atom is -0.393 e. The standard InChI is InChI=1S/C15H16FNO2S/c1-9-8-17(5-4-12(9)18)15(19)14-6-10-2-3-11(16)7-13(10)20-14/h2-3,6-7,9,12,18H,4-5,8H2,1H3. The number of aliphatic hydroxyl groups excluding tert-OH is 1. The molecule has 0 aliphatic carbocycles. The van der Waals surface area contributed by atoms with E-state index in [1.165, 1.54) is 23.5 Å². The summed E-state index contributed by atoms with van der Waals surface area (Å²) in [6.07, 6.45) is 0.294. The topological polar surface area (TPSA) is 40.5 Å². The van der Waals surface area contributed by atoms with Gasteiger partial charge in [-0.2, -0.15) is 0 Å². The molecule has 1 saturated heterocycles. The molecule has 1 aliphatic heterocycles. The minimum atomic E-state index is -0.324. The Bertz CT molecular complexity index is 654. The van der Waals surface area contributed by atoms with Crippen LogP contribution in [0.3, 0.4) is 0 Å². The van der Waals surface area contributed by atoms with Crippen molar-refractivity contribution in [3.63, 3.8) is 0 Å². The van der Waals surface area contributed by atoms with E-state index in [2.05, 4.69) is 0 Å². The van der Waals surface area contributed by atoms with Crippen molar-refractivity contribution in [2.24, 2.45) is 5.92 Å². The molecule has 1 aromatic carbocycles. The van der Waals surface area contributed by atoms with Gasteiger partial charge >= 0.3 is 0 Å². The summed E-state index contributed by atoms with van der Waals surface area (Å²) in [5, 5.41) is 10.6. The minimum absolute atomic E-state index is 0.0228. The quantitative estimate of drug-likeness (QED) is 0.878. The van der Waals surface area contributed by atoms with Gasteiger partial charge in [-0.05, 0) is 35.9 Å². The van der Waals surface area contributed by atoms with Gasteiger partial charge < -0.3 is 10.0 Å². The predicted octanol–water partition coefficient (Wildman–Crippen LogP) is 2.88. The van der Waals surface area contributed by atoms with Crippen LogP contribution in [0.5, 0.6) is 0 Å². The van der Waals surface area contributed by atoms with Gasteiger partial charge in [-0.15, -0.1) is 11.3 Å². The SMILES string of the molecule is CC1CN(C(=O)c2cc3ccc(F)cc3s2)CCC1O. The first-order valence-electron chi connectivity index (χ1n) is 6.71. The number of aliphatic hydroxyl groups is 1. The number of hydrogen-bond donors (Lipinski definition) is 1. The van der Waals surface area contributed by atoms with Crippen LogP contribution in [0.1, 0.15) is 23.0 Å². The van der Waals surface area contributed by atoms with E-state index in [4.69, 9.17) is 0 Å². The molecule has 0 radical (unpaired) electrons. The van der Waals surface area contributed by atoms with Gasteiger partial charge in [-0.3, -0.25) is 4.79 Å². The van der Waals surface area contributed by atoms with Crippen molar-refractivity contribution in [3.05, 3.63) is 35.0 Å². The first-order chi connectivity index (χ1) is 9.54. The Morgan fingerprint density at radius 3 is 3.00 bits per heavy atom. The molecule has 3 rings (SSSR count). The zero-order chi connectivity index (χ0) is 14.3. The molecular weight excluding hydrogens is 277 g/mol. The zero-order valence-electron chi connectivity index (χ0n) is 11.2. The average Bonchev–Trinajstić information content (AvgIpc) is 2.84. The number of rotatable bonds is 1. The van der Waals surface area contributed by atoms with Gasteiger partial charge in [0.1, 0.15) is 5.82 Å². The van der Waals surface area contributed by atoms with Gasteiger partial charge in [-0.1, -0.05) is 13.0 Å². The number of hydrogen-bond acceptors (Lipinski definition) is 3. The van der Waals surface area contributed by atoms with Crippen LogP contribution in [0.15, 0.2) is 24.3 Å². The Hall–Kier alpha value is -1.46. The second-order valence-electron chi connectivity index (χ2n) is 5.38. The van der Waals surface area contributed by atoms with Crippen molar-refractivity contribution in [2.75, 3.05) is 13.1 Å². The van der Waals surface area contributed by atoms with Crippen LogP contribution in [0.4, 0.5) is 4.39 Å². The van der Waals surface area contributed by atoms with E-state index in [-0.39, 0.29) is 23.7 Å². The van der Waals surface area contributed by atoms with Crippen LogP contribution in [0.2, 0.25) is 0 Å². The number of fused-ring (bicyclic) bond motifs is 1. The fraction of sp³-hybridized carbons (Fsp3) is 0.400. The molecule has 2 aromatic rings. The summed E-state index contributed by atoms with van der Waals surface area (Å²) in [5.41, 5.74) is 0. The number of likely N-dealkylation sites (tertiary alicyclic amines) is 1. The third-order valence-corrected chi connectivity index (χ3v) is 4.93. The summed E-state index contributed by atoms with van der Waals surface area (Å²) in [5.74, 6) is -0.210. The number of benzene rings is 1. The highest BCUT2D eigenvalue weighted by Gasteiger charge is 2.28. The van der Waals surface area contributed by atoms with Gasteiger partial charge in [0.2, 0.25) is 0 Å². The molecule has 20 heavy (non-hydrogen) atoms. The van der Waals surface area contributed by atoms with Crippen molar-refractivity contribution >= 4 is 27.3 Å². The van der Waals surface area contributed by atoms with Gasteiger partial charge in [-0.25, -0.2) is 4.39 Å². The number of halogens is 1. The largest absolute Gasteiger partial charge is 0.393 e. The Morgan fingerprint density at radius 1 is 1.45 bits per heavy atom. The monoisotopic (exact) mass is 293 g/mol. The summed E-state index contributed by atoms with van der Waals surface area (Å²) in [6, 6.07) is 6.38. The average molecular weight is 293 g/mol. The lowest BCUT2D eigenvalue weighted by Crippen LogP contribution is -2.44. The van der Waals surface area contributed by atoms with E-state index in [1.807, 2.05) is 13.0 Å². The van der Waals surface area contributed by atoms with Gasteiger partial charge in [0.25, 0.3) is 5.91 Å². The van der Waals surface area contributed by atoms with Gasteiger partial charge in [0.15, 0.2) is 0 Å². The van der Waals surface area contributed by atoms with Crippen LogP contribution in [-0.2, 0) is 0 Å². The smallest absolute Gasteiger partial charge is 0.263 e. The number of carbonyl (C=O) groups excluding carboxylic acids is 1. The van der Waals surface area contributed by atoms with Crippen LogP contribution in [-0.4, -0.2) is 35.1 Å². The molecule has 1 amide bonds. The fourth-order valence-electron chi connectivity index (χ4n) is 2.58. The molecule has 1 aromatic heterocycles. The molecule has 0 saturated carbocycles. The highest BCUT2D eigenvalue weighted by atomic mass is 32.1. The number of amides is 1. The molecule has 0 spiro atoms. The first kappa shape index (κ1) is 13.5. The summed E-state index contributed by atoms with van der Waals surface area (Å²) in [4.78, 5) is 14.9. The Kier molecular flexibility index (Phi) is 3.48. The summed E-state index contributed by atoms with van der Waals surface area (Å²) < 4.78 is 14.0.